The van der Waals surface area contributed by atoms with Crippen LogP contribution in [0.1, 0.15) is 0 Å². The van der Waals surface area contributed by atoms with E-state index < -0.39 is 0 Å². The predicted molar refractivity (Wildman–Crippen MR) is 80.2 cm³/mol. The van der Waals surface area contributed by atoms with E-state index >= 15 is 0 Å². The number of anilines is 1. The van der Waals surface area contributed by atoms with Crippen LogP contribution < -0.4 is 14.8 Å². The normalized spacial score (nSPS) is 13.2. The maximum Gasteiger partial charge on any atom is 0.262 e. The van der Waals surface area contributed by atoms with Gasteiger partial charge < -0.3 is 14.8 Å². The molecule has 1 aliphatic rings. The van der Waals surface area contributed by atoms with E-state index in [2.05, 4.69) is 15.3 Å². The van der Waals surface area contributed by atoms with Gasteiger partial charge in [0.15, 0.2) is 6.61 Å². The third-order valence-corrected chi connectivity index (χ3v) is 3.30. The SMILES string of the molecule is O=C1COc2ccc(Oc3ncnc4ccccc34)cc2N1. The fourth-order valence-electron chi connectivity index (χ4n) is 2.30. The van der Waals surface area contributed by atoms with Gasteiger partial charge in [-0.1, -0.05) is 12.1 Å². The molecular formula is C16H11N3O3. The Morgan fingerprint density at radius 3 is 3.00 bits per heavy atom. The molecule has 0 unspecified atom stereocenters. The molecule has 6 nitrogen and oxygen atoms in total. The predicted octanol–water partition coefficient (Wildman–Crippen LogP) is 2.75. The monoisotopic (exact) mass is 293 g/mol. The molecule has 1 amide bonds. The summed E-state index contributed by atoms with van der Waals surface area (Å²) in [7, 11) is 0. The van der Waals surface area contributed by atoms with E-state index in [1.807, 2.05) is 24.3 Å². The molecule has 0 fully saturated rings. The van der Waals surface area contributed by atoms with E-state index in [1.165, 1.54) is 6.33 Å². The second-order valence-electron chi connectivity index (χ2n) is 4.79. The number of para-hydroxylation sites is 1. The van der Waals surface area contributed by atoms with E-state index in [4.69, 9.17) is 9.47 Å². The van der Waals surface area contributed by atoms with Gasteiger partial charge in [-0.3, -0.25) is 4.79 Å². The molecule has 1 aromatic heterocycles. The van der Waals surface area contributed by atoms with Crippen molar-refractivity contribution in [1.82, 2.24) is 9.97 Å². The van der Waals surface area contributed by atoms with Gasteiger partial charge in [0.25, 0.3) is 5.91 Å². The Morgan fingerprint density at radius 1 is 1.14 bits per heavy atom. The number of benzene rings is 2. The van der Waals surface area contributed by atoms with Gasteiger partial charge in [-0.25, -0.2) is 9.97 Å². The van der Waals surface area contributed by atoms with Crippen LogP contribution in [0, 0.1) is 0 Å². The molecular weight excluding hydrogens is 282 g/mol. The van der Waals surface area contributed by atoms with Gasteiger partial charge in [-0.15, -0.1) is 0 Å². The quantitative estimate of drug-likeness (QED) is 0.786. The number of fused-ring (bicyclic) bond motifs is 2. The molecule has 0 spiro atoms. The third kappa shape index (κ3) is 2.20. The van der Waals surface area contributed by atoms with E-state index in [9.17, 15) is 4.79 Å². The molecule has 0 aliphatic carbocycles. The lowest BCUT2D eigenvalue weighted by Crippen LogP contribution is -2.25. The summed E-state index contributed by atoms with van der Waals surface area (Å²) in [5.74, 6) is 1.47. The van der Waals surface area contributed by atoms with E-state index in [1.54, 1.807) is 18.2 Å². The number of carbonyl (C=O) groups excluding carboxylic acids is 1. The molecule has 6 heteroatoms. The zero-order valence-electron chi connectivity index (χ0n) is 11.4. The van der Waals surface area contributed by atoms with E-state index in [0.717, 1.165) is 10.9 Å². The average molecular weight is 293 g/mol. The number of hydrogen-bond acceptors (Lipinski definition) is 5. The van der Waals surface area contributed by atoms with Gasteiger partial charge in [0.05, 0.1) is 16.6 Å². The lowest BCUT2D eigenvalue weighted by atomic mass is 10.2. The van der Waals surface area contributed by atoms with Crippen molar-refractivity contribution in [3.05, 3.63) is 48.8 Å². The first-order valence-corrected chi connectivity index (χ1v) is 6.74. The highest BCUT2D eigenvalue weighted by atomic mass is 16.5. The van der Waals surface area contributed by atoms with Crippen LogP contribution >= 0.6 is 0 Å². The number of nitrogens with one attached hydrogen (secondary N) is 1. The summed E-state index contributed by atoms with van der Waals surface area (Å²) >= 11 is 0. The van der Waals surface area contributed by atoms with Crippen molar-refractivity contribution in [3.63, 3.8) is 0 Å². The first kappa shape index (κ1) is 12.6. The molecule has 1 aliphatic heterocycles. The van der Waals surface area contributed by atoms with Crippen molar-refractivity contribution in [1.29, 1.82) is 0 Å². The van der Waals surface area contributed by atoms with Crippen molar-refractivity contribution in [3.8, 4) is 17.4 Å². The van der Waals surface area contributed by atoms with Crippen molar-refractivity contribution in [2.24, 2.45) is 0 Å². The summed E-state index contributed by atoms with van der Waals surface area (Å²) in [6, 6.07) is 12.8. The Kier molecular flexibility index (Phi) is 2.86. The van der Waals surface area contributed by atoms with Gasteiger partial charge in [0.1, 0.15) is 17.8 Å². The number of rotatable bonds is 2. The summed E-state index contributed by atoms with van der Waals surface area (Å²) < 4.78 is 11.2. The van der Waals surface area contributed by atoms with Crippen LogP contribution in [0.25, 0.3) is 10.9 Å². The number of amides is 1. The minimum Gasteiger partial charge on any atom is -0.482 e. The van der Waals surface area contributed by atoms with Crippen molar-refractivity contribution in [2.45, 2.75) is 0 Å². The maximum absolute atomic E-state index is 11.4. The zero-order valence-corrected chi connectivity index (χ0v) is 11.4. The number of nitrogens with zero attached hydrogens (tertiary/aromatic N) is 2. The molecule has 0 saturated carbocycles. The second-order valence-corrected chi connectivity index (χ2v) is 4.79. The Labute approximate surface area is 125 Å². The second kappa shape index (κ2) is 5.00. The molecule has 2 aromatic carbocycles. The number of ether oxygens (including phenoxy) is 2. The molecule has 108 valence electrons. The molecule has 0 saturated heterocycles. The smallest absolute Gasteiger partial charge is 0.262 e. The lowest BCUT2D eigenvalue weighted by Gasteiger charge is -2.18. The fourth-order valence-corrected chi connectivity index (χ4v) is 2.30. The van der Waals surface area contributed by atoms with Crippen LogP contribution in [0.3, 0.4) is 0 Å². The molecule has 4 rings (SSSR count). The standard InChI is InChI=1S/C16H11N3O3/c20-15-8-21-14-6-5-10(7-13(14)19-15)22-16-11-3-1-2-4-12(11)17-9-18-16/h1-7,9H,8H2,(H,19,20). The Morgan fingerprint density at radius 2 is 2.05 bits per heavy atom. The van der Waals surface area contributed by atoms with Gasteiger partial charge in [-0.05, 0) is 24.3 Å². The van der Waals surface area contributed by atoms with Crippen molar-refractivity contribution in [2.75, 3.05) is 11.9 Å². The number of carbonyl (C=O) groups is 1. The van der Waals surface area contributed by atoms with Crippen LogP contribution in [0.2, 0.25) is 0 Å². The molecule has 0 bridgehead atoms. The van der Waals surface area contributed by atoms with Crippen LogP contribution in [0.4, 0.5) is 5.69 Å². The highest BCUT2D eigenvalue weighted by Crippen LogP contribution is 2.34. The molecule has 3 aromatic rings. The van der Waals surface area contributed by atoms with Crippen LogP contribution in [-0.2, 0) is 4.79 Å². The van der Waals surface area contributed by atoms with Crippen LogP contribution in [0.15, 0.2) is 48.8 Å². The number of aromatic nitrogens is 2. The Bertz CT molecular complexity index is 874. The third-order valence-electron chi connectivity index (χ3n) is 3.30. The zero-order chi connectivity index (χ0) is 14.9. The first-order chi connectivity index (χ1) is 10.8. The first-order valence-electron chi connectivity index (χ1n) is 6.74. The highest BCUT2D eigenvalue weighted by Gasteiger charge is 2.17. The molecule has 0 radical (unpaired) electrons. The van der Waals surface area contributed by atoms with Crippen LogP contribution in [-0.4, -0.2) is 22.5 Å². The molecule has 2 heterocycles. The summed E-state index contributed by atoms with van der Waals surface area (Å²) in [6.45, 7) is 0.0315. The maximum atomic E-state index is 11.4. The Balaban J connectivity index is 1.71. The Hall–Kier alpha value is -3.15. The molecule has 1 N–H and O–H groups in total. The van der Waals surface area contributed by atoms with E-state index in [-0.39, 0.29) is 12.5 Å². The van der Waals surface area contributed by atoms with Crippen molar-refractivity contribution >= 4 is 22.5 Å². The van der Waals surface area contributed by atoms with E-state index in [0.29, 0.717) is 23.1 Å². The van der Waals surface area contributed by atoms with Gasteiger partial charge >= 0.3 is 0 Å². The van der Waals surface area contributed by atoms with Crippen LogP contribution in [0.5, 0.6) is 17.4 Å². The minimum absolute atomic E-state index is 0.0315. The van der Waals surface area contributed by atoms with Gasteiger partial charge in [0, 0.05) is 6.07 Å². The molecule has 22 heavy (non-hydrogen) atoms. The topological polar surface area (TPSA) is 73.3 Å². The number of hydrogen-bond donors (Lipinski definition) is 1. The summed E-state index contributed by atoms with van der Waals surface area (Å²) in [5, 5.41) is 3.57. The summed E-state index contributed by atoms with van der Waals surface area (Å²) in [5.41, 5.74) is 1.40. The largest absolute Gasteiger partial charge is 0.482 e. The lowest BCUT2D eigenvalue weighted by molar-refractivity contribution is -0.118. The van der Waals surface area contributed by atoms with Crippen molar-refractivity contribution < 1.29 is 14.3 Å². The molecule has 0 atom stereocenters. The average Bonchev–Trinajstić information content (AvgIpc) is 2.55. The van der Waals surface area contributed by atoms with Gasteiger partial charge in [-0.2, -0.15) is 0 Å². The minimum atomic E-state index is -0.183. The summed E-state index contributed by atoms with van der Waals surface area (Å²) in [4.78, 5) is 19.7. The van der Waals surface area contributed by atoms with Gasteiger partial charge in [0.2, 0.25) is 5.88 Å². The highest BCUT2D eigenvalue weighted by molar-refractivity contribution is 5.95. The fraction of sp³-hybridized carbons (Fsp3) is 0.0625. The summed E-state index contributed by atoms with van der Waals surface area (Å²) in [6.07, 6.45) is 1.46.